The first-order chi connectivity index (χ1) is 24.5. The Morgan fingerprint density at radius 3 is 0.780 bits per heavy atom. The first-order valence-electron chi connectivity index (χ1n) is 15.6. The number of rotatable bonds is 12. The van der Waals surface area contributed by atoms with Gasteiger partial charge in [-0.1, -0.05) is 24.3 Å². The first-order valence-corrected chi connectivity index (χ1v) is 15.6. The number of hydrogen-bond acceptors (Lipinski definition) is 6. The van der Waals surface area contributed by atoms with Crippen LogP contribution in [-0.2, 0) is 0 Å². The predicted octanol–water partition coefficient (Wildman–Crippen LogP) is 12.7. The summed E-state index contributed by atoms with van der Waals surface area (Å²) in [5.41, 5.74) is 0. The van der Waals surface area contributed by atoms with E-state index >= 15 is 0 Å². The number of ether oxygens (including phenoxy) is 6. The second kappa shape index (κ2) is 15.0. The van der Waals surface area contributed by atoms with Crippen molar-refractivity contribution in [2.24, 2.45) is 0 Å². The van der Waals surface area contributed by atoms with Crippen LogP contribution in [0.4, 0.5) is 8.78 Å². The van der Waals surface area contributed by atoms with Crippen molar-refractivity contribution in [3.8, 4) is 69.0 Å². The summed E-state index contributed by atoms with van der Waals surface area (Å²) in [4.78, 5) is 0. The topological polar surface area (TPSA) is 55.4 Å². The Labute approximate surface area is 287 Å². The average molecular weight is 667 g/mol. The molecule has 0 radical (unpaired) electrons. The van der Waals surface area contributed by atoms with Gasteiger partial charge < -0.3 is 28.4 Å². The molecule has 0 atom stereocenters. The first kappa shape index (κ1) is 31.8. The Morgan fingerprint density at radius 2 is 0.500 bits per heavy atom. The molecule has 0 unspecified atom stereocenters. The van der Waals surface area contributed by atoms with Crippen molar-refractivity contribution in [2.45, 2.75) is 0 Å². The van der Waals surface area contributed by atoms with Gasteiger partial charge in [0.05, 0.1) is 0 Å². The zero-order chi connectivity index (χ0) is 34.1. The number of benzene rings is 7. The summed E-state index contributed by atoms with van der Waals surface area (Å²) in [5, 5.41) is 0. The molecule has 7 rings (SSSR count). The zero-order valence-electron chi connectivity index (χ0n) is 26.4. The fraction of sp³-hybridized carbons (Fsp3) is 0. The van der Waals surface area contributed by atoms with Crippen molar-refractivity contribution in [3.05, 3.63) is 181 Å². The van der Waals surface area contributed by atoms with Crippen LogP contribution in [0.2, 0.25) is 0 Å². The standard InChI is InChI=1S/C42H28F2O6/c43-29-5-3-7-39(27-29)47-35-15-11-31(12-16-35)45-33-19-23-37(24-20-33)49-41-9-1-2-10-42(41)50-38-25-21-34(22-26-38)46-32-13-17-36(18-14-32)48-40-8-4-6-30(44)28-40/h1-28H. The molecule has 50 heavy (non-hydrogen) atoms. The lowest BCUT2D eigenvalue weighted by atomic mass is 10.3. The van der Waals surface area contributed by atoms with Gasteiger partial charge in [-0.25, -0.2) is 8.78 Å². The van der Waals surface area contributed by atoms with Gasteiger partial charge in [0.25, 0.3) is 0 Å². The van der Waals surface area contributed by atoms with E-state index in [-0.39, 0.29) is 11.6 Å². The number of hydrogen-bond donors (Lipinski definition) is 0. The summed E-state index contributed by atoms with van der Waals surface area (Å²) in [6, 6.07) is 47.9. The van der Waals surface area contributed by atoms with E-state index in [2.05, 4.69) is 0 Å². The largest absolute Gasteiger partial charge is 0.457 e. The van der Waals surface area contributed by atoms with Gasteiger partial charge in [-0.2, -0.15) is 0 Å². The molecule has 0 saturated carbocycles. The summed E-state index contributed by atoms with van der Waals surface area (Å²) in [6.07, 6.45) is 0. The fourth-order valence-electron chi connectivity index (χ4n) is 4.78. The van der Waals surface area contributed by atoms with Crippen molar-refractivity contribution in [2.75, 3.05) is 0 Å². The highest BCUT2D eigenvalue weighted by Gasteiger charge is 2.09. The Balaban J connectivity index is 0.926. The summed E-state index contributed by atoms with van der Waals surface area (Å²) >= 11 is 0. The Morgan fingerprint density at radius 1 is 0.240 bits per heavy atom. The molecule has 0 spiro atoms. The molecule has 0 amide bonds. The monoisotopic (exact) mass is 666 g/mol. The highest BCUT2D eigenvalue weighted by molar-refractivity contribution is 5.47. The molecule has 0 heterocycles. The molecule has 0 N–H and O–H groups in total. The van der Waals surface area contributed by atoms with E-state index < -0.39 is 0 Å². The van der Waals surface area contributed by atoms with E-state index in [1.165, 1.54) is 24.3 Å². The normalized spacial score (nSPS) is 10.6. The van der Waals surface area contributed by atoms with Crippen LogP contribution in [-0.4, -0.2) is 0 Å². The summed E-state index contributed by atoms with van der Waals surface area (Å²) in [6.45, 7) is 0. The van der Waals surface area contributed by atoms with Crippen LogP contribution in [0.5, 0.6) is 69.0 Å². The molecule has 8 heteroatoms. The van der Waals surface area contributed by atoms with Crippen molar-refractivity contribution in [1.82, 2.24) is 0 Å². The molecule has 6 nitrogen and oxygen atoms in total. The van der Waals surface area contributed by atoms with Gasteiger partial charge in [0, 0.05) is 12.1 Å². The van der Waals surface area contributed by atoms with E-state index in [1.807, 2.05) is 24.3 Å². The van der Waals surface area contributed by atoms with Crippen molar-refractivity contribution < 1.29 is 37.2 Å². The van der Waals surface area contributed by atoms with Crippen LogP contribution in [0.1, 0.15) is 0 Å². The predicted molar refractivity (Wildman–Crippen MR) is 185 cm³/mol. The smallest absolute Gasteiger partial charge is 0.169 e. The molecule has 0 aliphatic heterocycles. The maximum absolute atomic E-state index is 13.4. The molecule has 0 aliphatic carbocycles. The Kier molecular flexibility index (Phi) is 9.51. The van der Waals surface area contributed by atoms with Crippen molar-refractivity contribution in [3.63, 3.8) is 0 Å². The molecule has 0 aromatic heterocycles. The molecule has 0 aliphatic rings. The van der Waals surface area contributed by atoms with Gasteiger partial charge in [0.15, 0.2) is 11.5 Å². The van der Waals surface area contributed by atoms with Crippen molar-refractivity contribution >= 4 is 0 Å². The van der Waals surface area contributed by atoms with Gasteiger partial charge in [0.1, 0.15) is 69.1 Å². The average Bonchev–Trinajstić information content (AvgIpc) is 3.12. The SMILES string of the molecule is Fc1cccc(Oc2ccc(Oc3ccc(Oc4ccccc4Oc4ccc(Oc5ccc(Oc6cccc(F)c6)cc5)cc4)cc3)cc2)c1. The molecule has 7 aromatic carbocycles. The second-order valence-electron chi connectivity index (χ2n) is 10.9. The maximum atomic E-state index is 13.4. The minimum atomic E-state index is -0.361. The lowest BCUT2D eigenvalue weighted by molar-refractivity contribution is 0.416. The minimum Gasteiger partial charge on any atom is -0.457 e. The highest BCUT2D eigenvalue weighted by atomic mass is 19.1. The van der Waals surface area contributed by atoms with E-state index in [0.29, 0.717) is 69.0 Å². The number of para-hydroxylation sites is 2. The molecular weight excluding hydrogens is 638 g/mol. The summed E-state index contributed by atoms with van der Waals surface area (Å²) in [7, 11) is 0. The molecule has 7 aromatic rings. The molecule has 0 fully saturated rings. The summed E-state index contributed by atoms with van der Waals surface area (Å²) < 4.78 is 62.5. The van der Waals surface area contributed by atoms with Crippen LogP contribution in [0.3, 0.4) is 0 Å². The number of halogens is 2. The van der Waals surface area contributed by atoms with E-state index in [0.717, 1.165) is 0 Å². The molecule has 0 saturated heterocycles. The van der Waals surface area contributed by atoms with Crippen molar-refractivity contribution in [1.29, 1.82) is 0 Å². The van der Waals surface area contributed by atoms with Crippen LogP contribution in [0, 0.1) is 11.6 Å². The van der Waals surface area contributed by atoms with Gasteiger partial charge in [0.2, 0.25) is 0 Å². The summed E-state index contributed by atoms with van der Waals surface area (Å²) in [5.74, 6) is 5.99. The molecular formula is C42H28F2O6. The molecule has 246 valence electrons. The third kappa shape index (κ3) is 8.56. The third-order valence-corrected chi connectivity index (χ3v) is 7.13. The van der Waals surface area contributed by atoms with Crippen LogP contribution in [0.25, 0.3) is 0 Å². The quantitative estimate of drug-likeness (QED) is 0.129. The van der Waals surface area contributed by atoms with Gasteiger partial charge in [-0.15, -0.1) is 0 Å². The fourth-order valence-corrected chi connectivity index (χ4v) is 4.78. The van der Waals surface area contributed by atoms with Gasteiger partial charge in [-0.3, -0.25) is 0 Å². The third-order valence-electron chi connectivity index (χ3n) is 7.13. The van der Waals surface area contributed by atoms with Crippen LogP contribution in [0.15, 0.2) is 170 Å². The Hall–Kier alpha value is -6.80. The van der Waals surface area contributed by atoms with Gasteiger partial charge >= 0.3 is 0 Å². The highest BCUT2D eigenvalue weighted by Crippen LogP contribution is 2.37. The minimum absolute atomic E-state index is 0.361. The molecule has 0 bridgehead atoms. The lowest BCUT2D eigenvalue weighted by Crippen LogP contribution is -1.91. The van der Waals surface area contributed by atoms with E-state index in [9.17, 15) is 8.78 Å². The van der Waals surface area contributed by atoms with E-state index in [4.69, 9.17) is 28.4 Å². The van der Waals surface area contributed by atoms with E-state index in [1.54, 1.807) is 121 Å². The van der Waals surface area contributed by atoms with Gasteiger partial charge in [-0.05, 0) is 133 Å². The lowest BCUT2D eigenvalue weighted by Gasteiger charge is -2.13. The van der Waals surface area contributed by atoms with Crippen LogP contribution < -0.4 is 28.4 Å². The zero-order valence-corrected chi connectivity index (χ0v) is 26.4. The Bertz CT molecular complexity index is 2010. The second-order valence-corrected chi connectivity index (χ2v) is 10.9. The van der Waals surface area contributed by atoms with Crippen LogP contribution >= 0.6 is 0 Å². The maximum Gasteiger partial charge on any atom is 0.169 e.